The Morgan fingerprint density at radius 2 is 1.96 bits per heavy atom. The third-order valence-corrected chi connectivity index (χ3v) is 4.28. The van der Waals surface area contributed by atoms with Crippen molar-refractivity contribution in [2.24, 2.45) is 5.92 Å². The fraction of sp³-hybridized carbons (Fsp3) is 0.588. The summed E-state index contributed by atoms with van der Waals surface area (Å²) < 4.78 is 38.3. The molecule has 128 valence electrons. The number of benzene rings is 1. The van der Waals surface area contributed by atoms with E-state index < -0.39 is 17.6 Å². The van der Waals surface area contributed by atoms with Crippen LogP contribution in [0.3, 0.4) is 0 Å². The molecule has 0 bridgehead atoms. The van der Waals surface area contributed by atoms with Gasteiger partial charge >= 0.3 is 6.18 Å². The van der Waals surface area contributed by atoms with Crippen LogP contribution in [0.1, 0.15) is 41.6 Å². The van der Waals surface area contributed by atoms with E-state index in [9.17, 15) is 18.0 Å². The lowest BCUT2D eigenvalue weighted by atomic mass is 9.84. The lowest BCUT2D eigenvalue weighted by molar-refractivity contribution is -0.137. The maximum absolute atomic E-state index is 12.8. The molecule has 0 radical (unpaired) electrons. The van der Waals surface area contributed by atoms with Crippen molar-refractivity contribution in [2.75, 3.05) is 20.6 Å². The number of hydrogen-bond donors (Lipinski definition) is 1. The average Bonchev–Trinajstić information content (AvgIpc) is 2.48. The number of amides is 1. The zero-order valence-electron chi connectivity index (χ0n) is 13.5. The first kappa shape index (κ1) is 17.8. The highest BCUT2D eigenvalue weighted by Crippen LogP contribution is 2.30. The van der Waals surface area contributed by atoms with E-state index in [1.54, 1.807) is 0 Å². The van der Waals surface area contributed by atoms with Crippen molar-refractivity contribution in [1.82, 2.24) is 10.2 Å². The summed E-state index contributed by atoms with van der Waals surface area (Å²) in [6.45, 7) is 0.869. The monoisotopic (exact) mass is 328 g/mol. The summed E-state index contributed by atoms with van der Waals surface area (Å²) in [5.74, 6) is -0.0831. The first-order valence-corrected chi connectivity index (χ1v) is 7.90. The van der Waals surface area contributed by atoms with Gasteiger partial charge in [-0.15, -0.1) is 0 Å². The highest BCUT2D eigenvalue weighted by atomic mass is 19.4. The molecule has 0 aromatic heterocycles. The summed E-state index contributed by atoms with van der Waals surface area (Å²) in [4.78, 5) is 14.4. The summed E-state index contributed by atoms with van der Waals surface area (Å²) in [7, 11) is 3.97. The van der Waals surface area contributed by atoms with E-state index in [1.807, 2.05) is 14.1 Å². The number of alkyl halides is 3. The molecule has 1 amide bonds. The number of rotatable bonds is 4. The van der Waals surface area contributed by atoms with E-state index in [-0.39, 0.29) is 11.6 Å². The smallest absolute Gasteiger partial charge is 0.349 e. The number of hydrogen-bond acceptors (Lipinski definition) is 2. The quantitative estimate of drug-likeness (QED) is 0.917. The molecule has 1 saturated carbocycles. The van der Waals surface area contributed by atoms with Gasteiger partial charge in [0.1, 0.15) is 0 Å². The van der Waals surface area contributed by atoms with E-state index in [0.717, 1.165) is 44.4 Å². The Balaban J connectivity index is 2.08. The number of carbonyl (C=O) groups excluding carboxylic acids is 1. The van der Waals surface area contributed by atoms with Crippen molar-refractivity contribution < 1.29 is 18.0 Å². The minimum Gasteiger partial charge on any atom is -0.349 e. The Morgan fingerprint density at radius 3 is 2.61 bits per heavy atom. The topological polar surface area (TPSA) is 32.3 Å². The highest BCUT2D eigenvalue weighted by molar-refractivity contribution is 5.94. The normalized spacial score (nSPS) is 22.2. The van der Waals surface area contributed by atoms with Gasteiger partial charge in [0.25, 0.3) is 5.91 Å². The van der Waals surface area contributed by atoms with Gasteiger partial charge in [-0.2, -0.15) is 13.2 Å². The van der Waals surface area contributed by atoms with Crippen molar-refractivity contribution >= 4 is 5.91 Å². The SMILES string of the molecule is CN(C)CC1CCCCC1NC(=O)c1cccc(C(F)(F)F)c1. The zero-order valence-corrected chi connectivity index (χ0v) is 13.5. The van der Waals surface area contributed by atoms with E-state index >= 15 is 0 Å². The molecule has 0 heterocycles. The molecule has 0 spiro atoms. The van der Waals surface area contributed by atoms with Crippen LogP contribution in [-0.2, 0) is 6.18 Å². The predicted molar refractivity (Wildman–Crippen MR) is 83.2 cm³/mol. The fourth-order valence-corrected chi connectivity index (χ4v) is 3.17. The van der Waals surface area contributed by atoms with Crippen LogP contribution in [0, 0.1) is 5.92 Å². The van der Waals surface area contributed by atoms with Crippen LogP contribution >= 0.6 is 0 Å². The molecular formula is C17H23F3N2O. The second-order valence-corrected chi connectivity index (χ2v) is 6.47. The number of carbonyl (C=O) groups is 1. The van der Waals surface area contributed by atoms with Gasteiger partial charge in [0, 0.05) is 18.2 Å². The molecule has 2 atom stereocenters. The summed E-state index contributed by atoms with van der Waals surface area (Å²) >= 11 is 0. The molecule has 6 heteroatoms. The van der Waals surface area contributed by atoms with Crippen molar-refractivity contribution in [3.63, 3.8) is 0 Å². The Hall–Kier alpha value is -1.56. The molecule has 2 unspecified atom stereocenters. The molecule has 23 heavy (non-hydrogen) atoms. The molecule has 1 N–H and O–H groups in total. The Bertz CT molecular complexity index is 543. The van der Waals surface area contributed by atoms with E-state index in [0.29, 0.717) is 5.92 Å². The molecule has 1 aromatic carbocycles. The van der Waals surface area contributed by atoms with E-state index in [1.165, 1.54) is 12.1 Å². The molecule has 0 aliphatic heterocycles. The van der Waals surface area contributed by atoms with Gasteiger partial charge in [0.05, 0.1) is 5.56 Å². The van der Waals surface area contributed by atoms with Crippen molar-refractivity contribution in [2.45, 2.75) is 37.9 Å². The number of nitrogens with zero attached hydrogens (tertiary/aromatic N) is 1. The first-order valence-electron chi connectivity index (χ1n) is 7.90. The second-order valence-electron chi connectivity index (χ2n) is 6.47. The van der Waals surface area contributed by atoms with Crippen LogP contribution in [0.4, 0.5) is 13.2 Å². The van der Waals surface area contributed by atoms with Crippen LogP contribution in [0.5, 0.6) is 0 Å². The van der Waals surface area contributed by atoms with E-state index in [2.05, 4.69) is 10.2 Å². The third-order valence-electron chi connectivity index (χ3n) is 4.28. The number of nitrogens with one attached hydrogen (secondary N) is 1. The standard InChI is InChI=1S/C17H23F3N2O/c1-22(2)11-13-6-3-4-9-15(13)21-16(23)12-7-5-8-14(10-12)17(18,19)20/h5,7-8,10,13,15H,3-4,6,9,11H2,1-2H3,(H,21,23). The maximum Gasteiger partial charge on any atom is 0.416 e. The van der Waals surface area contributed by atoms with Gasteiger partial charge in [-0.25, -0.2) is 0 Å². The van der Waals surface area contributed by atoms with Crippen LogP contribution in [0.25, 0.3) is 0 Å². The van der Waals surface area contributed by atoms with Crippen LogP contribution < -0.4 is 5.32 Å². The molecule has 1 aliphatic rings. The fourth-order valence-electron chi connectivity index (χ4n) is 3.17. The Kier molecular flexibility index (Phi) is 5.68. The molecule has 1 aliphatic carbocycles. The maximum atomic E-state index is 12.8. The molecule has 0 saturated heterocycles. The molecule has 1 aromatic rings. The second kappa shape index (κ2) is 7.34. The minimum atomic E-state index is -4.44. The lowest BCUT2D eigenvalue weighted by Crippen LogP contribution is -2.45. The Labute approximate surface area is 134 Å². The van der Waals surface area contributed by atoms with Crippen molar-refractivity contribution in [3.05, 3.63) is 35.4 Å². The molecule has 2 rings (SSSR count). The molecule has 3 nitrogen and oxygen atoms in total. The van der Waals surface area contributed by atoms with Gasteiger partial charge < -0.3 is 10.2 Å². The van der Waals surface area contributed by atoms with Gasteiger partial charge in [-0.1, -0.05) is 18.9 Å². The summed E-state index contributed by atoms with van der Waals surface area (Å²) in [5, 5.41) is 2.94. The lowest BCUT2D eigenvalue weighted by Gasteiger charge is -2.34. The Morgan fingerprint density at radius 1 is 1.26 bits per heavy atom. The van der Waals surface area contributed by atoms with Crippen LogP contribution in [-0.4, -0.2) is 37.5 Å². The predicted octanol–water partition coefficient (Wildman–Crippen LogP) is 3.56. The largest absolute Gasteiger partial charge is 0.416 e. The first-order chi connectivity index (χ1) is 10.8. The molecule has 1 fully saturated rings. The van der Waals surface area contributed by atoms with Crippen LogP contribution in [0.2, 0.25) is 0 Å². The van der Waals surface area contributed by atoms with Gasteiger partial charge in [0.15, 0.2) is 0 Å². The van der Waals surface area contributed by atoms with Gasteiger partial charge in [-0.3, -0.25) is 4.79 Å². The highest BCUT2D eigenvalue weighted by Gasteiger charge is 2.31. The van der Waals surface area contributed by atoms with Gasteiger partial charge in [-0.05, 0) is 51.1 Å². The van der Waals surface area contributed by atoms with Crippen molar-refractivity contribution in [3.8, 4) is 0 Å². The summed E-state index contributed by atoms with van der Waals surface area (Å²) in [6, 6.07) is 4.61. The molecular weight excluding hydrogens is 305 g/mol. The number of halogens is 3. The van der Waals surface area contributed by atoms with Gasteiger partial charge in [0.2, 0.25) is 0 Å². The summed E-state index contributed by atoms with van der Waals surface area (Å²) in [5.41, 5.74) is -0.729. The average molecular weight is 328 g/mol. The third kappa shape index (κ3) is 4.96. The zero-order chi connectivity index (χ0) is 17.0. The van der Waals surface area contributed by atoms with Crippen molar-refractivity contribution in [1.29, 1.82) is 0 Å². The minimum absolute atomic E-state index is 0.0215. The van der Waals surface area contributed by atoms with Crippen LogP contribution in [0.15, 0.2) is 24.3 Å². The van der Waals surface area contributed by atoms with E-state index in [4.69, 9.17) is 0 Å². The summed E-state index contributed by atoms with van der Waals surface area (Å²) in [6.07, 6.45) is -0.352.